The van der Waals surface area contributed by atoms with Crippen molar-refractivity contribution < 1.29 is 23.5 Å². The van der Waals surface area contributed by atoms with Crippen molar-refractivity contribution in [1.29, 1.82) is 0 Å². The number of anilines is 2. The molecule has 0 spiro atoms. The third kappa shape index (κ3) is 5.22. The average Bonchev–Trinajstić information content (AvgIpc) is 3.27. The van der Waals surface area contributed by atoms with Crippen LogP contribution in [0, 0.1) is 0 Å². The molecule has 9 nitrogen and oxygen atoms in total. The van der Waals surface area contributed by atoms with Gasteiger partial charge in [0.25, 0.3) is 0 Å². The number of oxazole rings is 1. The molecule has 0 atom stereocenters. The zero-order valence-electron chi connectivity index (χ0n) is 16.4. The lowest BCUT2D eigenvalue weighted by atomic mass is 10.1. The Morgan fingerprint density at radius 3 is 2.40 bits per heavy atom. The molecule has 0 saturated carbocycles. The van der Waals surface area contributed by atoms with Gasteiger partial charge in [-0.2, -0.15) is 0 Å². The van der Waals surface area contributed by atoms with Gasteiger partial charge in [0.05, 0.1) is 18.9 Å². The third-order valence-corrected chi connectivity index (χ3v) is 4.09. The molecule has 0 aliphatic carbocycles. The fourth-order valence-corrected chi connectivity index (χ4v) is 2.68. The predicted molar refractivity (Wildman–Crippen MR) is 110 cm³/mol. The molecule has 1 aromatic heterocycles. The van der Waals surface area contributed by atoms with Gasteiger partial charge in [0.2, 0.25) is 5.91 Å². The quantitative estimate of drug-likeness (QED) is 0.539. The molecule has 0 radical (unpaired) electrons. The van der Waals surface area contributed by atoms with E-state index in [1.54, 1.807) is 48.7 Å². The lowest BCUT2D eigenvalue weighted by Gasteiger charge is -2.11. The topological polar surface area (TPSA) is 123 Å². The predicted octanol–water partition coefficient (Wildman–Crippen LogP) is 2.56. The zero-order valence-corrected chi connectivity index (χ0v) is 16.4. The van der Waals surface area contributed by atoms with E-state index < -0.39 is 11.8 Å². The Balaban J connectivity index is 1.65. The van der Waals surface area contributed by atoms with Gasteiger partial charge in [-0.1, -0.05) is 12.1 Å². The molecule has 0 fully saturated rings. The van der Waals surface area contributed by atoms with Gasteiger partial charge >= 0.3 is 11.8 Å². The van der Waals surface area contributed by atoms with Crippen molar-refractivity contribution in [2.75, 3.05) is 17.7 Å². The smallest absolute Gasteiger partial charge is 0.314 e. The van der Waals surface area contributed by atoms with Crippen molar-refractivity contribution in [2.24, 2.45) is 0 Å². The number of methoxy groups -OCH3 is 1. The maximum Gasteiger partial charge on any atom is 0.314 e. The summed E-state index contributed by atoms with van der Waals surface area (Å²) in [6, 6.07) is 11.7. The largest absolute Gasteiger partial charge is 0.496 e. The summed E-state index contributed by atoms with van der Waals surface area (Å²) < 4.78 is 10.6. The van der Waals surface area contributed by atoms with Crippen LogP contribution in [0.1, 0.15) is 12.5 Å². The van der Waals surface area contributed by atoms with Gasteiger partial charge in [0, 0.05) is 30.9 Å². The summed E-state index contributed by atoms with van der Waals surface area (Å²) in [4.78, 5) is 39.4. The number of nitrogens with one attached hydrogen (secondary N) is 3. The first-order valence-electron chi connectivity index (χ1n) is 8.99. The second-order valence-corrected chi connectivity index (χ2v) is 6.30. The van der Waals surface area contributed by atoms with E-state index in [1.165, 1.54) is 20.4 Å². The summed E-state index contributed by atoms with van der Waals surface area (Å²) in [6.07, 6.45) is 2.85. The minimum absolute atomic E-state index is 0.159. The molecule has 9 heteroatoms. The van der Waals surface area contributed by atoms with Crippen LogP contribution >= 0.6 is 0 Å². The highest BCUT2D eigenvalue weighted by molar-refractivity contribution is 6.43. The van der Waals surface area contributed by atoms with E-state index in [9.17, 15) is 14.4 Å². The van der Waals surface area contributed by atoms with E-state index >= 15 is 0 Å². The second-order valence-electron chi connectivity index (χ2n) is 6.30. The number of ether oxygens (including phenoxy) is 1. The summed E-state index contributed by atoms with van der Waals surface area (Å²) in [7, 11) is 1.49. The Hall–Kier alpha value is -4.14. The van der Waals surface area contributed by atoms with E-state index in [1.807, 2.05) is 0 Å². The van der Waals surface area contributed by atoms with Crippen molar-refractivity contribution in [3.05, 3.63) is 60.6 Å². The molecule has 3 N–H and O–H groups in total. The van der Waals surface area contributed by atoms with Crippen LogP contribution in [0.15, 0.2) is 59.5 Å². The Morgan fingerprint density at radius 2 is 1.77 bits per heavy atom. The molecule has 3 aromatic rings. The Kier molecular flexibility index (Phi) is 6.43. The summed E-state index contributed by atoms with van der Waals surface area (Å²) in [5.74, 6) is -0.854. The highest BCUT2D eigenvalue weighted by Gasteiger charge is 2.16. The molecule has 0 unspecified atom stereocenters. The Bertz CT molecular complexity index is 1060. The molecular weight excluding hydrogens is 388 g/mol. The highest BCUT2D eigenvalue weighted by Crippen LogP contribution is 2.32. The number of carbonyl (C=O) groups excluding carboxylic acids is 3. The Morgan fingerprint density at radius 1 is 1.03 bits per heavy atom. The Labute approximate surface area is 172 Å². The van der Waals surface area contributed by atoms with Crippen LogP contribution in [0.4, 0.5) is 11.4 Å². The van der Waals surface area contributed by atoms with Crippen molar-refractivity contribution in [1.82, 2.24) is 10.3 Å². The van der Waals surface area contributed by atoms with Crippen molar-refractivity contribution in [2.45, 2.75) is 13.5 Å². The zero-order chi connectivity index (χ0) is 21.5. The fourth-order valence-electron chi connectivity index (χ4n) is 2.68. The van der Waals surface area contributed by atoms with E-state index in [-0.39, 0.29) is 5.91 Å². The van der Waals surface area contributed by atoms with Crippen molar-refractivity contribution in [3.8, 4) is 17.1 Å². The van der Waals surface area contributed by atoms with Gasteiger partial charge in [-0.15, -0.1) is 0 Å². The van der Waals surface area contributed by atoms with Crippen molar-refractivity contribution >= 4 is 29.1 Å². The molecule has 0 bridgehead atoms. The van der Waals surface area contributed by atoms with Gasteiger partial charge in [0.15, 0.2) is 12.2 Å². The third-order valence-electron chi connectivity index (χ3n) is 4.09. The van der Waals surface area contributed by atoms with E-state index in [0.717, 1.165) is 5.56 Å². The molecule has 0 aliphatic heterocycles. The molecule has 0 saturated heterocycles. The standard InChI is InChI=1S/C21H20N4O5/c1-13(26)23-10-14-4-3-5-15(8-14)24-20(27)21(28)25-16-6-7-17(18(9-16)29-2)19-11-22-12-30-19/h3-9,11-12H,10H2,1-2H3,(H,23,26)(H,24,27)(H,25,28). The number of amides is 3. The number of carbonyl (C=O) groups is 3. The van der Waals surface area contributed by atoms with E-state index in [4.69, 9.17) is 9.15 Å². The average molecular weight is 408 g/mol. The van der Waals surface area contributed by atoms with Gasteiger partial charge < -0.3 is 25.1 Å². The summed E-state index contributed by atoms with van der Waals surface area (Å²) in [5.41, 5.74) is 2.27. The maximum atomic E-state index is 12.3. The van der Waals surface area contributed by atoms with Gasteiger partial charge in [0.1, 0.15) is 5.75 Å². The molecule has 30 heavy (non-hydrogen) atoms. The summed E-state index contributed by atoms with van der Waals surface area (Å²) in [6.45, 7) is 1.74. The van der Waals surface area contributed by atoms with Crippen LogP contribution in [-0.2, 0) is 20.9 Å². The van der Waals surface area contributed by atoms with Crippen LogP contribution in [0.5, 0.6) is 5.75 Å². The SMILES string of the molecule is COc1cc(NC(=O)C(=O)Nc2cccc(CNC(C)=O)c2)ccc1-c1cnco1. The number of aromatic nitrogens is 1. The maximum absolute atomic E-state index is 12.3. The molecular formula is C21H20N4O5. The number of rotatable bonds is 6. The van der Waals surface area contributed by atoms with E-state index in [0.29, 0.717) is 35.0 Å². The first kappa shape index (κ1) is 20.6. The normalized spacial score (nSPS) is 10.2. The van der Waals surface area contributed by atoms with Crippen LogP contribution in [0.3, 0.4) is 0 Å². The molecule has 2 aromatic carbocycles. The van der Waals surface area contributed by atoms with Crippen LogP contribution in [-0.4, -0.2) is 29.8 Å². The number of benzene rings is 2. The highest BCUT2D eigenvalue weighted by atomic mass is 16.5. The fraction of sp³-hybridized carbons (Fsp3) is 0.143. The van der Waals surface area contributed by atoms with Crippen LogP contribution < -0.4 is 20.7 Å². The molecule has 0 aliphatic rings. The number of hydrogen-bond acceptors (Lipinski definition) is 6. The first-order chi connectivity index (χ1) is 14.5. The molecule has 3 rings (SSSR count). The number of hydrogen-bond donors (Lipinski definition) is 3. The molecule has 1 heterocycles. The molecule has 3 amide bonds. The molecule has 154 valence electrons. The first-order valence-corrected chi connectivity index (χ1v) is 8.99. The lowest BCUT2D eigenvalue weighted by molar-refractivity contribution is -0.132. The minimum Gasteiger partial charge on any atom is -0.496 e. The monoisotopic (exact) mass is 408 g/mol. The second kappa shape index (κ2) is 9.37. The van der Waals surface area contributed by atoms with Gasteiger partial charge in [-0.3, -0.25) is 14.4 Å². The van der Waals surface area contributed by atoms with Crippen molar-refractivity contribution in [3.63, 3.8) is 0 Å². The van der Waals surface area contributed by atoms with Gasteiger partial charge in [-0.05, 0) is 29.8 Å². The summed E-state index contributed by atoms with van der Waals surface area (Å²) in [5, 5.41) is 7.73. The van der Waals surface area contributed by atoms with E-state index in [2.05, 4.69) is 20.9 Å². The lowest BCUT2D eigenvalue weighted by Crippen LogP contribution is -2.29. The van der Waals surface area contributed by atoms with Gasteiger partial charge in [-0.25, -0.2) is 4.98 Å². The summed E-state index contributed by atoms with van der Waals surface area (Å²) >= 11 is 0. The number of nitrogens with zero attached hydrogens (tertiary/aromatic N) is 1. The van der Waals surface area contributed by atoms with Crippen LogP contribution in [0.25, 0.3) is 11.3 Å². The van der Waals surface area contributed by atoms with Crippen LogP contribution in [0.2, 0.25) is 0 Å². The minimum atomic E-state index is -0.836.